The van der Waals surface area contributed by atoms with Crippen molar-refractivity contribution in [2.75, 3.05) is 6.61 Å². The first-order valence-electron chi connectivity index (χ1n) is 11.1. The number of aliphatic hydroxyl groups is 1. The Morgan fingerprint density at radius 1 is 0.583 bits per heavy atom. The summed E-state index contributed by atoms with van der Waals surface area (Å²) in [6, 6.07) is 0. The Labute approximate surface area is 153 Å². The van der Waals surface area contributed by atoms with Gasteiger partial charge in [0.15, 0.2) is 0 Å². The highest BCUT2D eigenvalue weighted by molar-refractivity contribution is 4.97. The highest BCUT2D eigenvalue weighted by Crippen LogP contribution is 2.14. The number of hydrogen-bond acceptors (Lipinski definition) is 1. The summed E-state index contributed by atoms with van der Waals surface area (Å²) in [6.07, 6.45) is 27.6. The van der Waals surface area contributed by atoms with Crippen molar-refractivity contribution in [2.45, 2.75) is 129 Å². The number of rotatable bonds is 19. The average Bonchev–Trinajstić information content (AvgIpc) is 2.60. The minimum atomic E-state index is 0.221. The first-order valence-corrected chi connectivity index (χ1v) is 11.1. The Kier molecular flexibility index (Phi) is 20.5. The normalized spacial score (nSPS) is 12.0. The summed E-state index contributed by atoms with van der Waals surface area (Å²) in [5, 5.41) is 8.91. The van der Waals surface area contributed by atoms with Gasteiger partial charge in [0.1, 0.15) is 0 Å². The maximum atomic E-state index is 8.91. The Bertz CT molecular complexity index is 257. The first kappa shape index (κ1) is 23.7. The summed E-state index contributed by atoms with van der Waals surface area (Å²) >= 11 is 0. The second kappa shape index (κ2) is 20.7. The molecule has 24 heavy (non-hydrogen) atoms. The van der Waals surface area contributed by atoms with Gasteiger partial charge in [0.25, 0.3) is 0 Å². The van der Waals surface area contributed by atoms with Gasteiger partial charge >= 0.3 is 0 Å². The molecule has 0 amide bonds. The predicted molar refractivity (Wildman–Crippen MR) is 110 cm³/mol. The molecule has 1 N–H and O–H groups in total. The van der Waals surface area contributed by atoms with E-state index in [1.807, 2.05) is 6.92 Å². The van der Waals surface area contributed by atoms with Crippen LogP contribution in [-0.2, 0) is 0 Å². The summed E-state index contributed by atoms with van der Waals surface area (Å²) in [7, 11) is 0. The molecule has 0 fully saturated rings. The molecule has 0 aromatic carbocycles. The van der Waals surface area contributed by atoms with E-state index in [1.165, 1.54) is 109 Å². The van der Waals surface area contributed by atoms with Crippen molar-refractivity contribution >= 4 is 0 Å². The smallest absolute Gasteiger partial charge is 0.0639 e. The maximum Gasteiger partial charge on any atom is 0.0639 e. The lowest BCUT2D eigenvalue weighted by molar-refractivity contribution is 0.331. The van der Waals surface area contributed by atoms with Crippen molar-refractivity contribution in [3.8, 4) is 0 Å². The maximum absolute atomic E-state index is 8.91. The van der Waals surface area contributed by atoms with Crippen molar-refractivity contribution in [2.24, 2.45) is 0 Å². The highest BCUT2D eigenvalue weighted by atomic mass is 16.3. The Balaban J connectivity index is 3.03. The van der Waals surface area contributed by atoms with Crippen molar-refractivity contribution in [3.05, 3.63) is 11.6 Å². The fourth-order valence-electron chi connectivity index (χ4n) is 3.28. The Hall–Kier alpha value is -0.300. The highest BCUT2D eigenvalue weighted by Gasteiger charge is 1.94. The lowest BCUT2D eigenvalue weighted by atomic mass is 10.0. The van der Waals surface area contributed by atoms with Gasteiger partial charge in [0.05, 0.1) is 6.61 Å². The Morgan fingerprint density at radius 3 is 1.25 bits per heavy atom. The fourth-order valence-corrected chi connectivity index (χ4v) is 3.28. The summed E-state index contributed by atoms with van der Waals surface area (Å²) < 4.78 is 0. The van der Waals surface area contributed by atoms with E-state index in [4.69, 9.17) is 5.11 Å². The first-order chi connectivity index (χ1) is 11.8. The largest absolute Gasteiger partial charge is 0.392 e. The number of aliphatic hydroxyl groups excluding tert-OH is 1. The third kappa shape index (κ3) is 19.7. The van der Waals surface area contributed by atoms with Crippen LogP contribution in [0.2, 0.25) is 0 Å². The van der Waals surface area contributed by atoms with E-state index in [1.54, 1.807) is 0 Å². The van der Waals surface area contributed by atoms with Gasteiger partial charge in [0.2, 0.25) is 0 Å². The van der Waals surface area contributed by atoms with Crippen LogP contribution in [0.5, 0.6) is 0 Å². The molecule has 0 aromatic heterocycles. The molecule has 0 radical (unpaired) electrons. The minimum absolute atomic E-state index is 0.221. The summed E-state index contributed by atoms with van der Waals surface area (Å²) in [5.74, 6) is 0. The van der Waals surface area contributed by atoms with Crippen molar-refractivity contribution in [1.82, 2.24) is 0 Å². The molecule has 0 heterocycles. The zero-order chi connectivity index (χ0) is 17.7. The lowest BCUT2D eigenvalue weighted by Crippen LogP contribution is -1.85. The second-order valence-corrected chi connectivity index (χ2v) is 7.65. The molecule has 144 valence electrons. The van der Waals surface area contributed by atoms with E-state index in [0.717, 1.165) is 12.0 Å². The van der Waals surface area contributed by atoms with Gasteiger partial charge in [-0.15, -0.1) is 0 Å². The zero-order valence-electron chi connectivity index (χ0n) is 17.0. The van der Waals surface area contributed by atoms with Gasteiger partial charge in [-0.2, -0.15) is 0 Å². The van der Waals surface area contributed by atoms with E-state index in [0.29, 0.717) is 0 Å². The van der Waals surface area contributed by atoms with Gasteiger partial charge in [-0.05, 0) is 19.8 Å². The van der Waals surface area contributed by atoms with Gasteiger partial charge in [-0.1, -0.05) is 121 Å². The molecule has 0 aliphatic carbocycles. The van der Waals surface area contributed by atoms with E-state index >= 15 is 0 Å². The molecular formula is C23H46O. The van der Waals surface area contributed by atoms with Crippen LogP contribution in [-0.4, -0.2) is 11.7 Å². The SMILES string of the molecule is CCCCCCCCCCCCCCCCCCCC=C(C)CO. The molecule has 0 rings (SSSR count). The molecule has 0 atom stereocenters. The molecule has 0 saturated heterocycles. The van der Waals surface area contributed by atoms with E-state index in [-0.39, 0.29) is 6.61 Å². The van der Waals surface area contributed by atoms with Crippen molar-refractivity contribution in [3.63, 3.8) is 0 Å². The topological polar surface area (TPSA) is 20.2 Å². The van der Waals surface area contributed by atoms with Crippen LogP contribution in [0, 0.1) is 0 Å². The van der Waals surface area contributed by atoms with E-state index < -0.39 is 0 Å². The molecule has 0 aliphatic rings. The molecular weight excluding hydrogens is 292 g/mol. The summed E-state index contributed by atoms with van der Waals surface area (Å²) in [6.45, 7) is 4.52. The fraction of sp³-hybridized carbons (Fsp3) is 0.913. The van der Waals surface area contributed by atoms with Crippen LogP contribution in [0.4, 0.5) is 0 Å². The molecule has 0 aliphatic heterocycles. The Morgan fingerprint density at radius 2 is 0.917 bits per heavy atom. The van der Waals surface area contributed by atoms with Crippen molar-refractivity contribution in [1.29, 1.82) is 0 Å². The monoisotopic (exact) mass is 338 g/mol. The molecule has 1 heteroatoms. The predicted octanol–water partition coefficient (Wildman–Crippen LogP) is 7.97. The summed E-state index contributed by atoms with van der Waals surface area (Å²) in [5.41, 5.74) is 1.12. The second-order valence-electron chi connectivity index (χ2n) is 7.65. The van der Waals surface area contributed by atoms with Crippen LogP contribution in [0.3, 0.4) is 0 Å². The van der Waals surface area contributed by atoms with E-state index in [2.05, 4.69) is 13.0 Å². The standard InChI is InChI=1S/C23H46O/c1-3-4-5-6-7-8-9-10-11-12-13-14-15-16-17-18-19-20-21-23(2)22-24/h21,24H,3-20,22H2,1-2H3. The number of unbranched alkanes of at least 4 members (excludes halogenated alkanes) is 17. The van der Waals surface area contributed by atoms with Gasteiger partial charge in [-0.3, -0.25) is 0 Å². The zero-order valence-corrected chi connectivity index (χ0v) is 17.0. The van der Waals surface area contributed by atoms with Crippen molar-refractivity contribution < 1.29 is 5.11 Å². The van der Waals surface area contributed by atoms with Crippen LogP contribution < -0.4 is 0 Å². The van der Waals surface area contributed by atoms with E-state index in [9.17, 15) is 0 Å². The number of allylic oxidation sites excluding steroid dienone is 1. The molecule has 0 spiro atoms. The third-order valence-corrected chi connectivity index (χ3v) is 5.05. The third-order valence-electron chi connectivity index (χ3n) is 5.05. The summed E-state index contributed by atoms with van der Waals surface area (Å²) in [4.78, 5) is 0. The quantitative estimate of drug-likeness (QED) is 0.187. The van der Waals surface area contributed by atoms with Crippen LogP contribution in [0.15, 0.2) is 11.6 Å². The molecule has 1 nitrogen and oxygen atoms in total. The molecule has 0 bridgehead atoms. The van der Waals surface area contributed by atoms with Crippen LogP contribution >= 0.6 is 0 Å². The molecule has 0 unspecified atom stereocenters. The minimum Gasteiger partial charge on any atom is -0.392 e. The average molecular weight is 339 g/mol. The van der Waals surface area contributed by atoms with Crippen LogP contribution in [0.25, 0.3) is 0 Å². The van der Waals surface area contributed by atoms with Crippen LogP contribution in [0.1, 0.15) is 129 Å². The lowest BCUT2D eigenvalue weighted by Gasteiger charge is -2.03. The molecule has 0 saturated carbocycles. The van der Waals surface area contributed by atoms with Gasteiger partial charge in [0, 0.05) is 0 Å². The molecule has 0 aromatic rings. The number of hydrogen-bond donors (Lipinski definition) is 1. The van der Waals surface area contributed by atoms with Gasteiger partial charge in [-0.25, -0.2) is 0 Å². The van der Waals surface area contributed by atoms with Gasteiger partial charge < -0.3 is 5.11 Å².